The van der Waals surface area contributed by atoms with Crippen molar-refractivity contribution in [2.75, 3.05) is 13.2 Å². The summed E-state index contributed by atoms with van der Waals surface area (Å²) in [5.74, 6) is -0.858. The number of unbranched alkanes of at least 4 members (excludes halogenated alkanes) is 45. The molecule has 0 aromatic rings. The summed E-state index contributed by atoms with van der Waals surface area (Å²) in [5, 5.41) is 0. The molecule has 0 fully saturated rings. The first-order valence-corrected chi connectivity index (χ1v) is 34.6. The second-order valence-corrected chi connectivity index (χ2v) is 23.4. The van der Waals surface area contributed by atoms with Crippen molar-refractivity contribution in [3.8, 4) is 0 Å². The minimum atomic E-state index is -0.774. The molecule has 0 spiro atoms. The highest BCUT2D eigenvalue weighted by molar-refractivity contribution is 5.71. The van der Waals surface area contributed by atoms with E-state index in [1.165, 1.54) is 257 Å². The molecule has 6 heteroatoms. The second-order valence-electron chi connectivity index (χ2n) is 23.4. The van der Waals surface area contributed by atoms with Gasteiger partial charge in [0.15, 0.2) is 6.10 Å². The van der Waals surface area contributed by atoms with Crippen LogP contribution in [0, 0.1) is 0 Å². The molecule has 0 radical (unpaired) electrons. The van der Waals surface area contributed by atoms with E-state index in [1.54, 1.807) is 0 Å². The van der Waals surface area contributed by atoms with Crippen LogP contribution in [-0.4, -0.2) is 37.2 Å². The summed E-state index contributed by atoms with van der Waals surface area (Å²) < 4.78 is 16.9. The Labute approximate surface area is 486 Å². The third kappa shape index (κ3) is 64.2. The van der Waals surface area contributed by atoms with Crippen LogP contribution < -0.4 is 0 Å². The molecule has 0 aromatic heterocycles. The Kier molecular flexibility index (Phi) is 64.6. The van der Waals surface area contributed by atoms with E-state index in [2.05, 4.69) is 69.4 Å². The van der Waals surface area contributed by atoms with Crippen LogP contribution in [0.4, 0.5) is 0 Å². The van der Waals surface area contributed by atoms with E-state index >= 15 is 0 Å². The standard InChI is InChI=1S/C72H132O6/c1-4-7-10-13-16-19-22-24-26-28-30-32-33-34-35-36-37-38-39-40-42-43-45-47-50-53-56-59-62-65-71(74)77-68-69(67-76-70(73)64-61-58-55-52-49-21-18-15-12-9-6-3)78-72(75)66-63-60-57-54-51-48-46-44-41-31-29-27-25-23-20-17-14-11-8-5-2/h15,18,22,24,28,30,33-34,69H,4-14,16-17,19-21,23,25-27,29,31-32,35-68H2,1-3H3/b18-15-,24-22-,30-28-,34-33-. The topological polar surface area (TPSA) is 78.9 Å². The molecule has 0 aliphatic rings. The Balaban J connectivity index is 4.17. The van der Waals surface area contributed by atoms with Gasteiger partial charge < -0.3 is 14.2 Å². The molecule has 0 saturated carbocycles. The molecule has 456 valence electrons. The number of hydrogen-bond donors (Lipinski definition) is 0. The van der Waals surface area contributed by atoms with Crippen LogP contribution in [0.25, 0.3) is 0 Å². The van der Waals surface area contributed by atoms with Gasteiger partial charge in [-0.2, -0.15) is 0 Å². The van der Waals surface area contributed by atoms with Gasteiger partial charge in [-0.05, 0) is 77.0 Å². The molecule has 1 atom stereocenters. The number of rotatable bonds is 64. The molecule has 0 rings (SSSR count). The summed E-state index contributed by atoms with van der Waals surface area (Å²) in [6.45, 7) is 6.64. The van der Waals surface area contributed by atoms with Crippen LogP contribution in [-0.2, 0) is 28.6 Å². The number of carbonyl (C=O) groups is 3. The molecular weight excluding hydrogens is 961 g/mol. The second kappa shape index (κ2) is 66.9. The van der Waals surface area contributed by atoms with Crippen LogP contribution in [0.1, 0.15) is 374 Å². The summed E-state index contributed by atoms with van der Waals surface area (Å²) in [6.07, 6.45) is 84.3. The van der Waals surface area contributed by atoms with E-state index in [9.17, 15) is 14.4 Å². The zero-order valence-electron chi connectivity index (χ0n) is 52.5. The Hall–Kier alpha value is -2.63. The van der Waals surface area contributed by atoms with Crippen molar-refractivity contribution in [2.45, 2.75) is 380 Å². The van der Waals surface area contributed by atoms with Gasteiger partial charge in [0.2, 0.25) is 0 Å². The Morgan fingerprint density at radius 2 is 0.474 bits per heavy atom. The fraction of sp³-hybridized carbons (Fsp3) is 0.847. The van der Waals surface area contributed by atoms with Crippen LogP contribution >= 0.6 is 0 Å². The lowest BCUT2D eigenvalue weighted by molar-refractivity contribution is -0.167. The smallest absolute Gasteiger partial charge is 0.306 e. The third-order valence-corrected chi connectivity index (χ3v) is 15.6. The van der Waals surface area contributed by atoms with Gasteiger partial charge in [0, 0.05) is 19.3 Å². The fourth-order valence-corrected chi connectivity index (χ4v) is 10.3. The highest BCUT2D eigenvalue weighted by Gasteiger charge is 2.19. The maximum Gasteiger partial charge on any atom is 0.306 e. The molecule has 0 bridgehead atoms. The van der Waals surface area contributed by atoms with Crippen LogP contribution in [0.15, 0.2) is 48.6 Å². The van der Waals surface area contributed by atoms with Crippen molar-refractivity contribution in [3.63, 3.8) is 0 Å². The molecule has 1 unspecified atom stereocenters. The normalized spacial score (nSPS) is 12.3. The van der Waals surface area contributed by atoms with E-state index in [-0.39, 0.29) is 31.1 Å². The number of esters is 3. The molecule has 0 amide bonds. The minimum Gasteiger partial charge on any atom is -0.462 e. The third-order valence-electron chi connectivity index (χ3n) is 15.6. The number of hydrogen-bond acceptors (Lipinski definition) is 6. The summed E-state index contributed by atoms with van der Waals surface area (Å²) in [6, 6.07) is 0. The van der Waals surface area contributed by atoms with Crippen LogP contribution in [0.3, 0.4) is 0 Å². The summed E-state index contributed by atoms with van der Waals surface area (Å²) >= 11 is 0. The highest BCUT2D eigenvalue weighted by Crippen LogP contribution is 2.18. The van der Waals surface area contributed by atoms with Gasteiger partial charge in [0.05, 0.1) is 0 Å². The van der Waals surface area contributed by atoms with Crippen molar-refractivity contribution < 1.29 is 28.6 Å². The summed E-state index contributed by atoms with van der Waals surface area (Å²) in [5.41, 5.74) is 0. The van der Waals surface area contributed by atoms with Gasteiger partial charge in [-0.15, -0.1) is 0 Å². The molecule has 0 saturated heterocycles. The molecule has 0 aliphatic heterocycles. The average molecular weight is 1090 g/mol. The average Bonchev–Trinajstić information content (AvgIpc) is 3.44. The van der Waals surface area contributed by atoms with Crippen molar-refractivity contribution in [2.24, 2.45) is 0 Å². The van der Waals surface area contributed by atoms with Crippen molar-refractivity contribution in [3.05, 3.63) is 48.6 Å². The predicted octanol–water partition coefficient (Wildman–Crippen LogP) is 23.7. The van der Waals surface area contributed by atoms with Crippen molar-refractivity contribution in [1.29, 1.82) is 0 Å². The van der Waals surface area contributed by atoms with E-state index in [1.807, 2.05) is 0 Å². The molecule has 78 heavy (non-hydrogen) atoms. The Bertz CT molecular complexity index is 1350. The maximum atomic E-state index is 12.9. The van der Waals surface area contributed by atoms with Gasteiger partial charge >= 0.3 is 17.9 Å². The number of ether oxygens (including phenoxy) is 3. The van der Waals surface area contributed by atoms with E-state index in [4.69, 9.17) is 14.2 Å². The Morgan fingerprint density at radius 3 is 0.769 bits per heavy atom. The predicted molar refractivity (Wildman–Crippen MR) is 339 cm³/mol. The lowest BCUT2D eigenvalue weighted by Crippen LogP contribution is -2.30. The maximum absolute atomic E-state index is 12.9. The van der Waals surface area contributed by atoms with Crippen LogP contribution in [0.2, 0.25) is 0 Å². The molecule has 0 aromatic carbocycles. The van der Waals surface area contributed by atoms with Gasteiger partial charge in [0.25, 0.3) is 0 Å². The van der Waals surface area contributed by atoms with Crippen LogP contribution in [0.5, 0.6) is 0 Å². The molecule has 0 heterocycles. The largest absolute Gasteiger partial charge is 0.462 e. The minimum absolute atomic E-state index is 0.0715. The van der Waals surface area contributed by atoms with E-state index in [0.717, 1.165) is 77.0 Å². The summed E-state index contributed by atoms with van der Waals surface area (Å²) in [4.78, 5) is 38.3. The highest BCUT2D eigenvalue weighted by atomic mass is 16.6. The van der Waals surface area contributed by atoms with Crippen molar-refractivity contribution in [1.82, 2.24) is 0 Å². The molecular formula is C72H132O6. The zero-order chi connectivity index (χ0) is 56.4. The monoisotopic (exact) mass is 1090 g/mol. The van der Waals surface area contributed by atoms with Gasteiger partial charge in [-0.25, -0.2) is 0 Å². The van der Waals surface area contributed by atoms with Crippen molar-refractivity contribution >= 4 is 17.9 Å². The molecule has 6 nitrogen and oxygen atoms in total. The van der Waals surface area contributed by atoms with E-state index < -0.39 is 6.10 Å². The lowest BCUT2D eigenvalue weighted by Gasteiger charge is -2.18. The van der Waals surface area contributed by atoms with Gasteiger partial charge in [-0.3, -0.25) is 14.4 Å². The van der Waals surface area contributed by atoms with E-state index in [0.29, 0.717) is 19.3 Å². The quantitative estimate of drug-likeness (QED) is 0.0261. The number of carbonyl (C=O) groups excluding carboxylic acids is 3. The Morgan fingerprint density at radius 1 is 0.256 bits per heavy atom. The molecule has 0 aliphatic carbocycles. The fourth-order valence-electron chi connectivity index (χ4n) is 10.3. The first-order valence-electron chi connectivity index (χ1n) is 34.6. The van der Waals surface area contributed by atoms with Gasteiger partial charge in [0.1, 0.15) is 13.2 Å². The lowest BCUT2D eigenvalue weighted by atomic mass is 10.0. The molecule has 0 N–H and O–H groups in total. The first kappa shape index (κ1) is 75.4. The first-order chi connectivity index (χ1) is 38.5. The zero-order valence-corrected chi connectivity index (χ0v) is 52.5. The SMILES string of the molecule is CCCC/C=C\CCCCCCCC(=O)OCC(COC(=O)CCCCCCCCCCCCCCCC/C=C\C/C=C\C/C=C\CCCCCCC)OC(=O)CCCCCCCCCCCCCCCCCCCCCC. The number of allylic oxidation sites excluding steroid dienone is 8. The summed E-state index contributed by atoms with van der Waals surface area (Å²) in [7, 11) is 0. The van der Waals surface area contributed by atoms with Gasteiger partial charge in [-0.1, -0.05) is 326 Å².